The molecule has 1 aliphatic heterocycles. The Bertz CT molecular complexity index is 428. The molecule has 2 rings (SSSR count). The second-order valence-electron chi connectivity index (χ2n) is 3.42. The van der Waals surface area contributed by atoms with Crippen LogP contribution < -0.4 is 4.74 Å². The summed E-state index contributed by atoms with van der Waals surface area (Å²) in [5.41, 5.74) is 1.56. The van der Waals surface area contributed by atoms with Gasteiger partial charge in [-0.05, 0) is 13.0 Å². The Morgan fingerprint density at radius 3 is 2.87 bits per heavy atom. The lowest BCUT2D eigenvalue weighted by Gasteiger charge is -2.04. The number of benzene rings is 1. The molecular weight excluding hydrogens is 196 g/mol. The summed E-state index contributed by atoms with van der Waals surface area (Å²) in [5.74, 6) is -1.63. The fourth-order valence-corrected chi connectivity index (χ4v) is 1.62. The predicted octanol–water partition coefficient (Wildman–Crippen LogP) is 1.17. The highest BCUT2D eigenvalue weighted by atomic mass is 16.6. The fourth-order valence-electron chi connectivity index (χ4n) is 1.62. The van der Waals surface area contributed by atoms with Crippen molar-refractivity contribution in [3.63, 3.8) is 0 Å². The molecule has 0 aliphatic carbocycles. The molecule has 0 saturated carbocycles. The average Bonchev–Trinajstić information content (AvgIpc) is 2.52. The van der Waals surface area contributed by atoms with E-state index in [2.05, 4.69) is 4.74 Å². The minimum Gasteiger partial charge on any atom is -0.468 e. The number of carbonyl (C=O) groups excluding carboxylic acids is 2. The maximum Gasteiger partial charge on any atom is 0.330 e. The van der Waals surface area contributed by atoms with Crippen molar-refractivity contribution in [2.45, 2.75) is 12.8 Å². The zero-order chi connectivity index (χ0) is 11.0. The lowest BCUT2D eigenvalue weighted by Crippen LogP contribution is -2.20. The summed E-state index contributed by atoms with van der Waals surface area (Å²) in [5, 5.41) is 0. The van der Waals surface area contributed by atoms with Crippen LogP contribution in [0.4, 0.5) is 0 Å². The number of aryl methyl sites for hydroxylation is 1. The van der Waals surface area contributed by atoms with Gasteiger partial charge in [-0.3, -0.25) is 9.59 Å². The van der Waals surface area contributed by atoms with Crippen molar-refractivity contribution in [2.24, 2.45) is 0 Å². The number of rotatable bonds is 1. The van der Waals surface area contributed by atoms with Gasteiger partial charge in [-0.25, -0.2) is 0 Å². The van der Waals surface area contributed by atoms with Crippen molar-refractivity contribution >= 4 is 11.9 Å². The quantitative estimate of drug-likeness (QED) is 0.393. The number of ether oxygens (including phenoxy) is 2. The third-order valence-electron chi connectivity index (χ3n) is 2.36. The predicted molar refractivity (Wildman–Crippen MR) is 51.6 cm³/mol. The van der Waals surface area contributed by atoms with Crippen LogP contribution in [-0.2, 0) is 14.3 Å². The number of methoxy groups -OCH3 is 1. The van der Waals surface area contributed by atoms with Crippen LogP contribution in [0.3, 0.4) is 0 Å². The van der Waals surface area contributed by atoms with Gasteiger partial charge < -0.3 is 9.47 Å². The molecule has 1 aliphatic rings. The summed E-state index contributed by atoms with van der Waals surface area (Å²) in [6.07, 6.45) is 0. The highest BCUT2D eigenvalue weighted by Gasteiger charge is 2.39. The van der Waals surface area contributed by atoms with E-state index in [4.69, 9.17) is 4.74 Å². The fraction of sp³-hybridized carbons (Fsp3) is 0.273. The maximum absolute atomic E-state index is 11.4. The van der Waals surface area contributed by atoms with E-state index in [1.807, 2.05) is 13.0 Å². The molecule has 15 heavy (non-hydrogen) atoms. The molecule has 4 heteroatoms. The minimum atomic E-state index is -0.926. The van der Waals surface area contributed by atoms with Gasteiger partial charge in [0.25, 0.3) is 0 Å². The summed E-state index contributed by atoms with van der Waals surface area (Å²) < 4.78 is 9.52. The normalized spacial score (nSPS) is 18.3. The van der Waals surface area contributed by atoms with E-state index in [9.17, 15) is 9.59 Å². The lowest BCUT2D eigenvalue weighted by atomic mass is 9.99. The molecule has 0 amide bonds. The third-order valence-corrected chi connectivity index (χ3v) is 2.36. The van der Waals surface area contributed by atoms with Gasteiger partial charge in [0.1, 0.15) is 5.75 Å². The van der Waals surface area contributed by atoms with Crippen LogP contribution >= 0.6 is 0 Å². The highest BCUT2D eigenvalue weighted by molar-refractivity contribution is 6.04. The average molecular weight is 206 g/mol. The SMILES string of the molecule is COC(=O)C1C(=O)Oc2ccc(C)cc21. The van der Waals surface area contributed by atoms with Gasteiger partial charge in [-0.2, -0.15) is 0 Å². The van der Waals surface area contributed by atoms with Crippen molar-refractivity contribution in [1.29, 1.82) is 0 Å². The summed E-state index contributed by atoms with van der Waals surface area (Å²) >= 11 is 0. The molecule has 0 aromatic heterocycles. The third kappa shape index (κ3) is 1.48. The van der Waals surface area contributed by atoms with E-state index in [1.54, 1.807) is 12.1 Å². The van der Waals surface area contributed by atoms with E-state index >= 15 is 0 Å². The smallest absolute Gasteiger partial charge is 0.330 e. The Balaban J connectivity index is 2.48. The molecule has 4 nitrogen and oxygen atoms in total. The van der Waals surface area contributed by atoms with Crippen LogP contribution in [0.15, 0.2) is 18.2 Å². The Labute approximate surface area is 86.8 Å². The van der Waals surface area contributed by atoms with E-state index in [0.717, 1.165) is 5.56 Å². The van der Waals surface area contributed by atoms with Gasteiger partial charge in [0, 0.05) is 5.56 Å². The van der Waals surface area contributed by atoms with Crippen LogP contribution in [-0.4, -0.2) is 19.0 Å². The molecular formula is C11H10O4. The summed E-state index contributed by atoms with van der Waals surface area (Å²) in [6, 6.07) is 5.28. The highest BCUT2D eigenvalue weighted by Crippen LogP contribution is 2.35. The Morgan fingerprint density at radius 1 is 1.47 bits per heavy atom. The number of hydrogen-bond donors (Lipinski definition) is 0. The van der Waals surface area contributed by atoms with Crippen molar-refractivity contribution in [2.75, 3.05) is 7.11 Å². The molecule has 0 N–H and O–H groups in total. The molecule has 0 saturated heterocycles. The molecule has 1 heterocycles. The van der Waals surface area contributed by atoms with Crippen molar-refractivity contribution in [1.82, 2.24) is 0 Å². The summed E-state index contributed by atoms with van der Waals surface area (Å²) in [7, 11) is 1.25. The minimum absolute atomic E-state index is 0.445. The summed E-state index contributed by atoms with van der Waals surface area (Å²) in [4.78, 5) is 22.8. The van der Waals surface area contributed by atoms with Gasteiger partial charge >= 0.3 is 11.9 Å². The first-order valence-electron chi connectivity index (χ1n) is 4.53. The number of carbonyl (C=O) groups is 2. The lowest BCUT2D eigenvalue weighted by molar-refractivity contribution is -0.149. The molecule has 1 aromatic carbocycles. The second-order valence-corrected chi connectivity index (χ2v) is 3.42. The zero-order valence-electron chi connectivity index (χ0n) is 8.44. The van der Waals surface area contributed by atoms with Crippen molar-refractivity contribution in [3.05, 3.63) is 29.3 Å². The molecule has 0 fully saturated rings. The first kappa shape index (κ1) is 9.71. The zero-order valence-corrected chi connectivity index (χ0v) is 8.44. The van der Waals surface area contributed by atoms with Crippen LogP contribution in [0.5, 0.6) is 5.75 Å². The van der Waals surface area contributed by atoms with Gasteiger partial charge in [0.15, 0.2) is 5.92 Å². The van der Waals surface area contributed by atoms with Crippen LogP contribution in [0.2, 0.25) is 0 Å². The van der Waals surface area contributed by atoms with Gasteiger partial charge in [-0.1, -0.05) is 17.7 Å². The van der Waals surface area contributed by atoms with Crippen molar-refractivity contribution < 1.29 is 19.1 Å². The summed E-state index contributed by atoms with van der Waals surface area (Å²) in [6.45, 7) is 1.89. The van der Waals surface area contributed by atoms with Gasteiger partial charge in [0.05, 0.1) is 7.11 Å². The Hall–Kier alpha value is -1.84. The van der Waals surface area contributed by atoms with E-state index in [0.29, 0.717) is 11.3 Å². The molecule has 1 unspecified atom stereocenters. The van der Waals surface area contributed by atoms with Crippen LogP contribution in [0.1, 0.15) is 17.0 Å². The monoisotopic (exact) mass is 206 g/mol. The second kappa shape index (κ2) is 3.38. The van der Waals surface area contributed by atoms with E-state index in [1.165, 1.54) is 7.11 Å². The maximum atomic E-state index is 11.4. The first-order valence-corrected chi connectivity index (χ1v) is 4.53. The topological polar surface area (TPSA) is 52.6 Å². The Morgan fingerprint density at radius 2 is 2.20 bits per heavy atom. The van der Waals surface area contributed by atoms with Gasteiger partial charge in [-0.15, -0.1) is 0 Å². The standard InChI is InChI=1S/C11H10O4/c1-6-3-4-8-7(5-6)9(10(12)14-2)11(13)15-8/h3-5,9H,1-2H3. The largest absolute Gasteiger partial charge is 0.468 e. The van der Waals surface area contributed by atoms with Crippen LogP contribution in [0, 0.1) is 6.92 Å². The van der Waals surface area contributed by atoms with E-state index < -0.39 is 17.9 Å². The number of hydrogen-bond acceptors (Lipinski definition) is 4. The molecule has 0 bridgehead atoms. The molecule has 1 atom stereocenters. The number of fused-ring (bicyclic) bond motifs is 1. The van der Waals surface area contributed by atoms with E-state index in [-0.39, 0.29) is 0 Å². The molecule has 0 radical (unpaired) electrons. The van der Waals surface area contributed by atoms with Crippen molar-refractivity contribution in [3.8, 4) is 5.75 Å². The van der Waals surface area contributed by atoms with Crippen LogP contribution in [0.25, 0.3) is 0 Å². The first-order chi connectivity index (χ1) is 7.13. The Kier molecular flexibility index (Phi) is 2.19. The number of esters is 2. The molecule has 78 valence electrons. The molecule has 0 spiro atoms. The van der Waals surface area contributed by atoms with Gasteiger partial charge in [0.2, 0.25) is 0 Å². The molecule has 1 aromatic rings.